The molecular formula is C13H21N3O3. The zero-order chi connectivity index (χ0) is 13.3. The van der Waals surface area contributed by atoms with E-state index in [-0.39, 0.29) is 0 Å². The molecule has 0 saturated carbocycles. The highest BCUT2D eigenvalue weighted by Gasteiger charge is 2.41. The summed E-state index contributed by atoms with van der Waals surface area (Å²) in [6.07, 6.45) is 2.31. The van der Waals surface area contributed by atoms with Crippen LogP contribution in [-0.4, -0.2) is 47.1 Å². The molecule has 0 aromatic carbocycles. The van der Waals surface area contributed by atoms with E-state index in [1.807, 2.05) is 6.92 Å². The third-order valence-electron chi connectivity index (χ3n) is 4.04. The minimum Gasteiger partial charge on any atom is -0.347 e. The average molecular weight is 267 g/mol. The van der Waals surface area contributed by atoms with Crippen molar-refractivity contribution in [2.24, 2.45) is 5.92 Å². The Labute approximate surface area is 113 Å². The van der Waals surface area contributed by atoms with Gasteiger partial charge in [-0.05, 0) is 26.3 Å². The van der Waals surface area contributed by atoms with Crippen molar-refractivity contribution < 1.29 is 14.0 Å². The Balaban J connectivity index is 1.61. The fourth-order valence-electron chi connectivity index (χ4n) is 3.00. The van der Waals surface area contributed by atoms with Gasteiger partial charge in [-0.1, -0.05) is 5.16 Å². The van der Waals surface area contributed by atoms with Crippen LogP contribution in [0.15, 0.2) is 4.52 Å². The number of ether oxygens (including phenoxy) is 2. The Kier molecular flexibility index (Phi) is 3.56. The number of aromatic nitrogens is 2. The van der Waals surface area contributed by atoms with Crippen molar-refractivity contribution >= 4 is 0 Å². The summed E-state index contributed by atoms with van der Waals surface area (Å²) in [5, 5.41) is 3.96. The maximum Gasteiger partial charge on any atom is 0.223 e. The minimum absolute atomic E-state index is 0.411. The summed E-state index contributed by atoms with van der Waals surface area (Å²) in [6, 6.07) is 0. The second kappa shape index (κ2) is 5.19. The van der Waals surface area contributed by atoms with E-state index in [1.165, 1.54) is 0 Å². The molecule has 3 heterocycles. The molecule has 19 heavy (non-hydrogen) atoms. The molecule has 2 fully saturated rings. The van der Waals surface area contributed by atoms with E-state index in [4.69, 9.17) is 14.0 Å². The highest BCUT2D eigenvalue weighted by Crippen LogP contribution is 2.34. The summed E-state index contributed by atoms with van der Waals surface area (Å²) in [4.78, 5) is 6.62. The molecule has 1 aromatic rings. The van der Waals surface area contributed by atoms with Crippen LogP contribution in [0, 0.1) is 12.8 Å². The number of nitrogens with zero attached hydrogens (tertiary/aromatic N) is 3. The fourth-order valence-corrected chi connectivity index (χ4v) is 3.00. The number of rotatable bonds is 3. The number of likely N-dealkylation sites (tertiary alicyclic amines) is 1. The highest BCUT2D eigenvalue weighted by atomic mass is 16.7. The molecule has 106 valence electrons. The summed E-state index contributed by atoms with van der Waals surface area (Å²) in [5.41, 5.74) is 0. The Bertz CT molecular complexity index is 429. The first-order valence-corrected chi connectivity index (χ1v) is 6.95. The van der Waals surface area contributed by atoms with Crippen molar-refractivity contribution in [2.45, 2.75) is 39.0 Å². The van der Waals surface area contributed by atoms with Crippen LogP contribution in [-0.2, 0) is 16.0 Å². The van der Waals surface area contributed by atoms with Crippen LogP contribution in [0.25, 0.3) is 0 Å². The largest absolute Gasteiger partial charge is 0.347 e. The van der Waals surface area contributed by atoms with Crippen LogP contribution in [0.3, 0.4) is 0 Å². The normalized spacial score (nSPS) is 27.8. The molecule has 1 aromatic heterocycles. The molecule has 2 saturated heterocycles. The summed E-state index contributed by atoms with van der Waals surface area (Å²) in [6.45, 7) is 8.06. The highest BCUT2D eigenvalue weighted by molar-refractivity contribution is 4.89. The van der Waals surface area contributed by atoms with Crippen molar-refractivity contribution in [3.05, 3.63) is 11.7 Å². The monoisotopic (exact) mass is 267 g/mol. The lowest BCUT2D eigenvalue weighted by atomic mass is 9.90. The molecule has 1 atom stereocenters. The van der Waals surface area contributed by atoms with Gasteiger partial charge in [0.15, 0.2) is 11.6 Å². The van der Waals surface area contributed by atoms with E-state index in [9.17, 15) is 0 Å². The van der Waals surface area contributed by atoms with E-state index in [0.29, 0.717) is 25.0 Å². The van der Waals surface area contributed by atoms with Crippen LogP contribution in [0.2, 0.25) is 0 Å². The molecule has 6 nitrogen and oxygen atoms in total. The second-order valence-corrected chi connectivity index (χ2v) is 5.52. The van der Waals surface area contributed by atoms with Gasteiger partial charge in [0.2, 0.25) is 5.89 Å². The Morgan fingerprint density at radius 1 is 1.37 bits per heavy atom. The first kappa shape index (κ1) is 13.0. The fraction of sp³-hybridized carbons (Fsp3) is 0.846. The first-order chi connectivity index (χ1) is 9.16. The van der Waals surface area contributed by atoms with Crippen molar-refractivity contribution in [1.29, 1.82) is 0 Å². The van der Waals surface area contributed by atoms with E-state index in [0.717, 1.165) is 38.3 Å². The maximum absolute atomic E-state index is 5.78. The lowest BCUT2D eigenvalue weighted by Crippen LogP contribution is -2.46. The predicted molar refractivity (Wildman–Crippen MR) is 67.3 cm³/mol. The quantitative estimate of drug-likeness (QED) is 0.824. The van der Waals surface area contributed by atoms with Gasteiger partial charge in [0.05, 0.1) is 19.8 Å². The summed E-state index contributed by atoms with van der Waals surface area (Å²) in [5.74, 6) is 1.39. The van der Waals surface area contributed by atoms with E-state index in [1.54, 1.807) is 0 Å². The molecule has 6 heteroatoms. The molecule has 3 rings (SSSR count). The van der Waals surface area contributed by atoms with Gasteiger partial charge in [-0.3, -0.25) is 4.90 Å². The van der Waals surface area contributed by atoms with E-state index in [2.05, 4.69) is 22.0 Å². The van der Waals surface area contributed by atoms with Crippen LogP contribution < -0.4 is 0 Å². The maximum atomic E-state index is 5.78. The smallest absolute Gasteiger partial charge is 0.223 e. The van der Waals surface area contributed by atoms with Crippen LogP contribution in [0.4, 0.5) is 0 Å². The molecule has 2 aliphatic rings. The zero-order valence-electron chi connectivity index (χ0n) is 11.6. The van der Waals surface area contributed by atoms with E-state index >= 15 is 0 Å². The van der Waals surface area contributed by atoms with Gasteiger partial charge >= 0.3 is 0 Å². The molecule has 0 aliphatic carbocycles. The van der Waals surface area contributed by atoms with Gasteiger partial charge in [0.25, 0.3) is 0 Å². The van der Waals surface area contributed by atoms with Gasteiger partial charge in [-0.25, -0.2) is 0 Å². The zero-order valence-corrected chi connectivity index (χ0v) is 11.6. The Morgan fingerprint density at radius 3 is 2.84 bits per heavy atom. The summed E-state index contributed by atoms with van der Waals surface area (Å²) >= 11 is 0. The van der Waals surface area contributed by atoms with Gasteiger partial charge in [0, 0.05) is 19.4 Å². The molecule has 0 N–H and O–H groups in total. The van der Waals surface area contributed by atoms with Crippen LogP contribution in [0.5, 0.6) is 0 Å². The Hall–Kier alpha value is -0.980. The number of aryl methyl sites for hydroxylation is 1. The number of hydrogen-bond donors (Lipinski definition) is 0. The Morgan fingerprint density at radius 2 is 2.16 bits per heavy atom. The van der Waals surface area contributed by atoms with E-state index < -0.39 is 5.79 Å². The molecule has 0 bridgehead atoms. The average Bonchev–Trinajstić information content (AvgIpc) is 3.00. The topological polar surface area (TPSA) is 60.6 Å². The third-order valence-corrected chi connectivity index (χ3v) is 4.04. The van der Waals surface area contributed by atoms with Gasteiger partial charge in [-0.2, -0.15) is 4.98 Å². The number of hydrogen-bond acceptors (Lipinski definition) is 6. The van der Waals surface area contributed by atoms with Gasteiger partial charge in [-0.15, -0.1) is 0 Å². The van der Waals surface area contributed by atoms with Crippen LogP contribution in [0.1, 0.15) is 31.5 Å². The molecule has 0 amide bonds. The lowest BCUT2D eigenvalue weighted by molar-refractivity contribution is -0.192. The minimum atomic E-state index is -0.411. The molecule has 0 radical (unpaired) electrons. The number of piperidine rings is 1. The predicted octanol–water partition coefficient (Wildman–Crippen LogP) is 1.35. The van der Waals surface area contributed by atoms with Crippen molar-refractivity contribution in [3.63, 3.8) is 0 Å². The van der Waals surface area contributed by atoms with Crippen molar-refractivity contribution in [3.8, 4) is 0 Å². The molecular weight excluding hydrogens is 246 g/mol. The third kappa shape index (κ3) is 2.80. The molecule has 0 unspecified atom stereocenters. The molecule has 0 spiro atoms. The first-order valence-electron chi connectivity index (χ1n) is 6.95. The molecule has 2 aliphatic heterocycles. The van der Waals surface area contributed by atoms with Crippen molar-refractivity contribution in [1.82, 2.24) is 15.0 Å². The summed E-state index contributed by atoms with van der Waals surface area (Å²) < 4.78 is 16.6. The summed E-state index contributed by atoms with van der Waals surface area (Å²) in [7, 11) is 0. The second-order valence-electron chi connectivity index (χ2n) is 5.52. The lowest BCUT2D eigenvalue weighted by Gasteiger charge is -2.39. The van der Waals surface area contributed by atoms with Gasteiger partial charge < -0.3 is 14.0 Å². The van der Waals surface area contributed by atoms with Gasteiger partial charge in [0.1, 0.15) is 0 Å². The standard InChI is InChI=1S/C13H21N3O3/c1-10-14-12(15-19-10)9-16-5-3-4-11(8-16)13(2)17-6-7-18-13/h11H,3-9H2,1-2H3/t11-/m1/s1. The van der Waals surface area contributed by atoms with Crippen LogP contribution >= 0.6 is 0 Å². The SMILES string of the molecule is Cc1nc(CN2CCC[C@@H](C3(C)OCCO3)C2)no1. The van der Waals surface area contributed by atoms with Crippen molar-refractivity contribution in [2.75, 3.05) is 26.3 Å².